The summed E-state index contributed by atoms with van der Waals surface area (Å²) in [4.78, 5) is 26.3. The van der Waals surface area contributed by atoms with Gasteiger partial charge in [0.25, 0.3) is 0 Å². The van der Waals surface area contributed by atoms with Crippen molar-refractivity contribution < 1.29 is 24.2 Å². The number of benzene rings is 2. The normalized spacial score (nSPS) is 22.5. The van der Waals surface area contributed by atoms with Gasteiger partial charge in [0.05, 0.1) is 18.7 Å². The van der Waals surface area contributed by atoms with Gasteiger partial charge in [-0.1, -0.05) is 30.3 Å². The fraction of sp³-hybridized carbons (Fsp3) is 0.280. The molecule has 3 atom stereocenters. The Morgan fingerprint density at radius 2 is 1.88 bits per heavy atom. The van der Waals surface area contributed by atoms with Gasteiger partial charge in [-0.2, -0.15) is 0 Å². The van der Waals surface area contributed by atoms with Crippen LogP contribution in [0.5, 0.6) is 11.5 Å². The molecule has 8 heteroatoms. The summed E-state index contributed by atoms with van der Waals surface area (Å²) >= 11 is 9.37. The zero-order chi connectivity index (χ0) is 23.9. The fourth-order valence-electron chi connectivity index (χ4n) is 4.71. The molecule has 0 fully saturated rings. The first-order chi connectivity index (χ1) is 15.7. The second-order valence-electron chi connectivity index (χ2n) is 8.15. The van der Waals surface area contributed by atoms with Crippen LogP contribution in [0.25, 0.3) is 0 Å². The molecule has 0 radical (unpaired) electrons. The number of Topliss-reactive ketones (excluding diaryl/α,β-unsaturated/α-hetero) is 1. The van der Waals surface area contributed by atoms with Crippen molar-refractivity contribution in [3.8, 4) is 11.5 Å². The lowest BCUT2D eigenvalue weighted by molar-refractivity contribution is -0.144. The molecule has 0 amide bonds. The number of methoxy groups -OCH3 is 2. The summed E-state index contributed by atoms with van der Waals surface area (Å²) in [6.07, 6.45) is 0.887. The minimum Gasteiger partial charge on any atom is -0.503 e. The van der Waals surface area contributed by atoms with Crippen molar-refractivity contribution in [3.05, 3.63) is 80.6 Å². The summed E-state index contributed by atoms with van der Waals surface area (Å²) in [5, 5.41) is 14.1. The maximum absolute atomic E-state index is 13.5. The highest BCUT2D eigenvalue weighted by molar-refractivity contribution is 9.10. The van der Waals surface area contributed by atoms with Crippen molar-refractivity contribution in [2.75, 3.05) is 14.2 Å². The highest BCUT2D eigenvalue weighted by Crippen LogP contribution is 2.49. The van der Waals surface area contributed by atoms with Crippen LogP contribution in [0.2, 0.25) is 5.02 Å². The van der Waals surface area contributed by atoms with Gasteiger partial charge >= 0.3 is 5.97 Å². The number of phenols is 1. The number of aromatic hydroxyl groups is 1. The predicted molar refractivity (Wildman–Crippen MR) is 128 cm³/mol. The van der Waals surface area contributed by atoms with E-state index in [4.69, 9.17) is 21.1 Å². The average molecular weight is 533 g/mol. The summed E-state index contributed by atoms with van der Waals surface area (Å²) in [5.74, 6) is -1.85. The lowest BCUT2D eigenvalue weighted by Crippen LogP contribution is -2.42. The molecule has 0 spiro atoms. The molecule has 2 aliphatic rings. The molecule has 6 nitrogen and oxygen atoms in total. The first-order valence-corrected chi connectivity index (χ1v) is 11.5. The Bertz CT molecular complexity index is 1170. The summed E-state index contributed by atoms with van der Waals surface area (Å²) in [6.45, 7) is 4.08. The Hall–Kier alpha value is -2.77. The van der Waals surface area contributed by atoms with Crippen molar-refractivity contribution in [1.82, 2.24) is 5.32 Å². The highest BCUT2D eigenvalue weighted by Gasteiger charge is 2.45. The molecule has 0 bridgehead atoms. The number of halogens is 2. The van der Waals surface area contributed by atoms with Gasteiger partial charge in [0.15, 0.2) is 17.3 Å². The summed E-state index contributed by atoms with van der Waals surface area (Å²) in [5.41, 5.74) is 3.39. The monoisotopic (exact) mass is 531 g/mol. The number of allylic oxidation sites excluding steroid dienone is 2. The molecule has 3 unspecified atom stereocenters. The molecule has 0 saturated carbocycles. The third-order valence-electron chi connectivity index (χ3n) is 6.27. The molecule has 0 saturated heterocycles. The Morgan fingerprint density at radius 1 is 1.18 bits per heavy atom. The molecule has 1 aliphatic heterocycles. The van der Waals surface area contributed by atoms with Crippen LogP contribution in [0.15, 0.2) is 64.4 Å². The minimum atomic E-state index is -0.814. The number of ether oxygens (including phenoxy) is 2. The first-order valence-electron chi connectivity index (χ1n) is 10.4. The quantitative estimate of drug-likeness (QED) is 0.526. The lowest BCUT2D eigenvalue weighted by atomic mass is 9.69. The standard InChI is InChI=1S/C25H23BrClNO5/c1-12-21(25(31)33-3)22(15-8-17(26)24(30)20(11-15)32-2)23-18(28-12)9-14(10-19(23)29)13-4-6-16(27)7-5-13/h4-8,11,14,21-22,28,30H,1,9-10H2,2-3H3. The SMILES string of the molecule is C=C1NC2=C(C(=O)CC(c3ccc(Cl)cc3)C2)C(c2cc(Br)c(O)c(OC)c2)C1C(=O)OC. The molecule has 4 rings (SSSR count). The van der Waals surface area contributed by atoms with Crippen LogP contribution in [0.4, 0.5) is 0 Å². The van der Waals surface area contributed by atoms with E-state index in [0.29, 0.717) is 39.2 Å². The molecule has 2 N–H and O–H groups in total. The second kappa shape index (κ2) is 9.23. The van der Waals surface area contributed by atoms with Crippen LogP contribution in [-0.4, -0.2) is 31.1 Å². The average Bonchev–Trinajstić information content (AvgIpc) is 2.79. The van der Waals surface area contributed by atoms with E-state index in [1.165, 1.54) is 14.2 Å². The number of hydrogen-bond acceptors (Lipinski definition) is 6. The number of esters is 1. The summed E-state index contributed by atoms with van der Waals surface area (Å²) in [6, 6.07) is 10.8. The third kappa shape index (κ3) is 4.27. The molecule has 33 heavy (non-hydrogen) atoms. The van der Waals surface area contributed by atoms with Crippen molar-refractivity contribution in [3.63, 3.8) is 0 Å². The van der Waals surface area contributed by atoms with Gasteiger partial charge in [-0.3, -0.25) is 9.59 Å². The van der Waals surface area contributed by atoms with Crippen molar-refractivity contribution >= 4 is 39.3 Å². The van der Waals surface area contributed by atoms with E-state index in [1.807, 2.05) is 24.3 Å². The Labute approximate surface area is 205 Å². The highest BCUT2D eigenvalue weighted by atomic mass is 79.9. The molecular formula is C25H23BrClNO5. The Balaban J connectivity index is 1.85. The number of carbonyl (C=O) groups is 2. The van der Waals surface area contributed by atoms with E-state index < -0.39 is 17.8 Å². The second-order valence-corrected chi connectivity index (χ2v) is 9.45. The molecule has 172 valence electrons. The molecule has 1 heterocycles. The van der Waals surface area contributed by atoms with Crippen LogP contribution in [0.1, 0.15) is 35.8 Å². The van der Waals surface area contributed by atoms with Crippen molar-refractivity contribution in [2.45, 2.75) is 24.7 Å². The Kier molecular flexibility index (Phi) is 6.54. The molecular weight excluding hydrogens is 510 g/mol. The van der Waals surface area contributed by atoms with Crippen molar-refractivity contribution in [1.29, 1.82) is 0 Å². The van der Waals surface area contributed by atoms with Gasteiger partial charge in [-0.25, -0.2) is 0 Å². The number of ketones is 1. The van der Waals surface area contributed by atoms with E-state index in [2.05, 4.69) is 27.8 Å². The van der Waals surface area contributed by atoms with Gasteiger partial charge in [0, 0.05) is 34.3 Å². The van der Waals surface area contributed by atoms with Gasteiger partial charge < -0.3 is 19.9 Å². The number of rotatable bonds is 4. The maximum Gasteiger partial charge on any atom is 0.315 e. The van der Waals surface area contributed by atoms with Crippen LogP contribution in [-0.2, 0) is 14.3 Å². The Morgan fingerprint density at radius 3 is 2.52 bits per heavy atom. The van der Waals surface area contributed by atoms with Gasteiger partial charge in [0.2, 0.25) is 0 Å². The predicted octanol–water partition coefficient (Wildman–Crippen LogP) is 5.21. The number of nitrogens with one attached hydrogen (secondary N) is 1. The fourth-order valence-corrected chi connectivity index (χ4v) is 5.30. The maximum atomic E-state index is 13.5. The van der Waals surface area contributed by atoms with Crippen molar-refractivity contribution in [2.24, 2.45) is 5.92 Å². The largest absolute Gasteiger partial charge is 0.503 e. The zero-order valence-corrected chi connectivity index (χ0v) is 20.5. The van der Waals surface area contributed by atoms with E-state index in [9.17, 15) is 14.7 Å². The molecule has 2 aromatic rings. The van der Waals surface area contributed by atoms with E-state index in [0.717, 1.165) is 11.3 Å². The first kappa shape index (κ1) is 23.4. The van der Waals surface area contributed by atoms with E-state index in [1.54, 1.807) is 12.1 Å². The minimum absolute atomic E-state index is 0.0229. The van der Waals surface area contributed by atoms with Crippen LogP contribution < -0.4 is 10.1 Å². The van der Waals surface area contributed by atoms with Crippen LogP contribution in [0.3, 0.4) is 0 Å². The zero-order valence-electron chi connectivity index (χ0n) is 18.2. The molecule has 0 aromatic heterocycles. The molecule has 1 aliphatic carbocycles. The third-order valence-corrected chi connectivity index (χ3v) is 7.12. The topological polar surface area (TPSA) is 84.9 Å². The van der Waals surface area contributed by atoms with E-state index in [-0.39, 0.29) is 23.2 Å². The van der Waals surface area contributed by atoms with E-state index >= 15 is 0 Å². The van der Waals surface area contributed by atoms with Gasteiger partial charge in [-0.05, 0) is 63.7 Å². The lowest BCUT2D eigenvalue weighted by Gasteiger charge is -2.40. The molecule has 2 aromatic carbocycles. The van der Waals surface area contributed by atoms with Gasteiger partial charge in [-0.15, -0.1) is 0 Å². The van der Waals surface area contributed by atoms with Crippen LogP contribution in [0, 0.1) is 5.92 Å². The van der Waals surface area contributed by atoms with Crippen LogP contribution >= 0.6 is 27.5 Å². The number of hydrogen-bond donors (Lipinski definition) is 2. The smallest absolute Gasteiger partial charge is 0.315 e. The summed E-state index contributed by atoms with van der Waals surface area (Å²) in [7, 11) is 2.75. The number of carbonyl (C=O) groups excluding carboxylic acids is 2. The number of phenolic OH excluding ortho intramolecular Hbond substituents is 1. The van der Waals surface area contributed by atoms with Gasteiger partial charge in [0.1, 0.15) is 5.92 Å². The summed E-state index contributed by atoms with van der Waals surface area (Å²) < 4.78 is 10.8.